The van der Waals surface area contributed by atoms with Gasteiger partial charge in [-0.25, -0.2) is 0 Å². The minimum absolute atomic E-state index is 0.227. The molecule has 0 spiro atoms. The first-order valence-electron chi connectivity index (χ1n) is 5.99. The average Bonchev–Trinajstić information content (AvgIpc) is 2.25. The Kier molecular flexibility index (Phi) is 5.35. The van der Waals surface area contributed by atoms with E-state index in [1.165, 1.54) is 0 Å². The summed E-state index contributed by atoms with van der Waals surface area (Å²) in [5.74, 6) is -0.227. The van der Waals surface area contributed by atoms with Crippen molar-refractivity contribution in [1.29, 1.82) is 0 Å². The lowest BCUT2D eigenvalue weighted by Crippen LogP contribution is -2.38. The van der Waals surface area contributed by atoms with Crippen LogP contribution in [0.1, 0.15) is 33.3 Å². The Labute approximate surface area is 117 Å². The summed E-state index contributed by atoms with van der Waals surface area (Å²) in [6, 6.07) is 7.61. The van der Waals surface area contributed by atoms with Gasteiger partial charge >= 0.3 is 5.97 Å². The molecule has 1 N–H and O–H groups in total. The molecule has 1 aromatic carbocycles. The van der Waals surface area contributed by atoms with E-state index in [2.05, 4.69) is 21.2 Å². The van der Waals surface area contributed by atoms with Gasteiger partial charge in [-0.05, 0) is 39.3 Å². The molecule has 0 radical (unpaired) electrons. The fourth-order valence-corrected chi connectivity index (χ4v) is 1.80. The molecule has 0 aliphatic heterocycles. The molecule has 0 aliphatic rings. The van der Waals surface area contributed by atoms with E-state index < -0.39 is 5.60 Å². The smallest absolute Gasteiger partial charge is 0.323 e. The maximum absolute atomic E-state index is 11.8. The fraction of sp³-hybridized carbons (Fsp3) is 0.500. The van der Waals surface area contributed by atoms with Crippen molar-refractivity contribution < 1.29 is 9.53 Å². The summed E-state index contributed by atoms with van der Waals surface area (Å²) >= 11 is 3.48. The molecule has 0 aromatic heterocycles. The molecular formula is C14H20BrNO2. The molecule has 0 amide bonds. The van der Waals surface area contributed by atoms with Crippen molar-refractivity contribution in [3.05, 3.63) is 34.3 Å². The Hall–Kier alpha value is -0.870. The first kappa shape index (κ1) is 15.2. The van der Waals surface area contributed by atoms with Crippen LogP contribution in [-0.4, -0.2) is 17.6 Å². The molecule has 1 aromatic rings. The first-order valence-corrected chi connectivity index (χ1v) is 6.78. The predicted octanol–water partition coefficient (Wildman–Crippen LogP) is 3.27. The van der Waals surface area contributed by atoms with E-state index in [1.54, 1.807) is 0 Å². The van der Waals surface area contributed by atoms with E-state index in [9.17, 15) is 4.79 Å². The SMILES string of the molecule is CC(NCc1ccccc1Br)C(=O)OC(C)(C)C. The Balaban J connectivity index is 2.49. The fourth-order valence-electron chi connectivity index (χ4n) is 1.38. The molecule has 0 aliphatic carbocycles. The van der Waals surface area contributed by atoms with E-state index in [-0.39, 0.29) is 12.0 Å². The van der Waals surface area contributed by atoms with Gasteiger partial charge < -0.3 is 10.1 Å². The lowest BCUT2D eigenvalue weighted by atomic mass is 10.2. The third-order valence-corrected chi connectivity index (χ3v) is 3.09. The summed E-state index contributed by atoms with van der Waals surface area (Å²) in [7, 11) is 0. The Bertz CT molecular complexity index is 413. The number of carbonyl (C=O) groups excluding carboxylic acids is 1. The first-order chi connectivity index (χ1) is 8.29. The zero-order valence-corrected chi connectivity index (χ0v) is 12.9. The molecule has 0 heterocycles. The zero-order chi connectivity index (χ0) is 13.8. The highest BCUT2D eigenvalue weighted by Gasteiger charge is 2.21. The van der Waals surface area contributed by atoms with Gasteiger partial charge in [-0.15, -0.1) is 0 Å². The van der Waals surface area contributed by atoms with Crippen molar-refractivity contribution in [2.24, 2.45) is 0 Å². The molecule has 100 valence electrons. The van der Waals surface area contributed by atoms with E-state index in [4.69, 9.17) is 4.74 Å². The van der Waals surface area contributed by atoms with Crippen molar-refractivity contribution in [2.75, 3.05) is 0 Å². The van der Waals surface area contributed by atoms with E-state index in [0.29, 0.717) is 6.54 Å². The molecular weight excluding hydrogens is 294 g/mol. The number of carbonyl (C=O) groups is 1. The number of ether oxygens (including phenoxy) is 1. The number of esters is 1. The van der Waals surface area contributed by atoms with Crippen molar-refractivity contribution in [3.8, 4) is 0 Å². The minimum Gasteiger partial charge on any atom is -0.459 e. The van der Waals surface area contributed by atoms with Crippen LogP contribution in [0.25, 0.3) is 0 Å². The third-order valence-electron chi connectivity index (χ3n) is 2.32. The molecule has 0 saturated carbocycles. The molecule has 0 fully saturated rings. The van der Waals surface area contributed by atoms with Gasteiger partial charge in [0.25, 0.3) is 0 Å². The van der Waals surface area contributed by atoms with Crippen LogP contribution < -0.4 is 5.32 Å². The number of rotatable bonds is 4. The van der Waals surface area contributed by atoms with Crippen molar-refractivity contribution >= 4 is 21.9 Å². The van der Waals surface area contributed by atoms with Crippen molar-refractivity contribution in [2.45, 2.75) is 45.9 Å². The molecule has 18 heavy (non-hydrogen) atoms. The maximum Gasteiger partial charge on any atom is 0.323 e. The highest BCUT2D eigenvalue weighted by molar-refractivity contribution is 9.10. The van der Waals surface area contributed by atoms with E-state index in [1.807, 2.05) is 52.0 Å². The Morgan fingerprint density at radius 1 is 1.39 bits per heavy atom. The van der Waals surface area contributed by atoms with Gasteiger partial charge in [0.05, 0.1) is 0 Å². The molecule has 1 rings (SSSR count). The van der Waals surface area contributed by atoms with Crippen LogP contribution in [0.5, 0.6) is 0 Å². The van der Waals surface area contributed by atoms with E-state index >= 15 is 0 Å². The number of nitrogens with one attached hydrogen (secondary N) is 1. The molecule has 1 atom stereocenters. The maximum atomic E-state index is 11.8. The minimum atomic E-state index is -0.444. The molecule has 1 unspecified atom stereocenters. The predicted molar refractivity (Wildman–Crippen MR) is 76.3 cm³/mol. The molecule has 0 bridgehead atoms. The van der Waals surface area contributed by atoms with E-state index in [0.717, 1.165) is 10.0 Å². The van der Waals surface area contributed by atoms with Gasteiger partial charge in [0.2, 0.25) is 0 Å². The second kappa shape index (κ2) is 6.34. The van der Waals surface area contributed by atoms with Crippen LogP contribution in [0.3, 0.4) is 0 Å². The normalized spacial score (nSPS) is 13.2. The summed E-state index contributed by atoms with van der Waals surface area (Å²) in [6.07, 6.45) is 0. The van der Waals surface area contributed by atoms with Crippen LogP contribution in [0, 0.1) is 0 Å². The summed E-state index contributed by atoms with van der Waals surface area (Å²) < 4.78 is 6.34. The van der Waals surface area contributed by atoms with Crippen LogP contribution >= 0.6 is 15.9 Å². The number of halogens is 1. The second-order valence-electron chi connectivity index (χ2n) is 5.23. The van der Waals surface area contributed by atoms with Crippen LogP contribution in [0.4, 0.5) is 0 Å². The highest BCUT2D eigenvalue weighted by atomic mass is 79.9. The Morgan fingerprint density at radius 2 is 2.00 bits per heavy atom. The summed E-state index contributed by atoms with van der Waals surface area (Å²) in [5, 5.41) is 3.16. The largest absolute Gasteiger partial charge is 0.459 e. The standard InChI is InChI=1S/C14H20BrNO2/c1-10(13(17)18-14(2,3)4)16-9-11-7-5-6-8-12(11)15/h5-8,10,16H,9H2,1-4H3. The number of hydrogen-bond acceptors (Lipinski definition) is 3. The van der Waals surface area contributed by atoms with Crippen molar-refractivity contribution in [3.63, 3.8) is 0 Å². The van der Waals surface area contributed by atoms with Crippen LogP contribution in [0.2, 0.25) is 0 Å². The Morgan fingerprint density at radius 3 is 2.56 bits per heavy atom. The van der Waals surface area contributed by atoms with Gasteiger partial charge in [-0.1, -0.05) is 34.1 Å². The van der Waals surface area contributed by atoms with Crippen molar-refractivity contribution in [1.82, 2.24) is 5.32 Å². The zero-order valence-electron chi connectivity index (χ0n) is 11.3. The van der Waals surface area contributed by atoms with Gasteiger partial charge in [0, 0.05) is 11.0 Å². The monoisotopic (exact) mass is 313 g/mol. The summed E-state index contributed by atoms with van der Waals surface area (Å²) in [6.45, 7) is 8.04. The lowest BCUT2D eigenvalue weighted by Gasteiger charge is -2.22. The van der Waals surface area contributed by atoms with Crippen LogP contribution in [-0.2, 0) is 16.1 Å². The van der Waals surface area contributed by atoms with Gasteiger partial charge in [-0.2, -0.15) is 0 Å². The number of hydrogen-bond donors (Lipinski definition) is 1. The third kappa shape index (κ3) is 5.19. The topological polar surface area (TPSA) is 38.3 Å². The average molecular weight is 314 g/mol. The molecule has 3 nitrogen and oxygen atoms in total. The number of benzene rings is 1. The lowest BCUT2D eigenvalue weighted by molar-refractivity contribution is -0.157. The molecule has 0 saturated heterocycles. The highest BCUT2D eigenvalue weighted by Crippen LogP contribution is 2.15. The second-order valence-corrected chi connectivity index (χ2v) is 6.08. The van der Waals surface area contributed by atoms with Crippen LogP contribution in [0.15, 0.2) is 28.7 Å². The van der Waals surface area contributed by atoms with Gasteiger partial charge in [0.1, 0.15) is 11.6 Å². The molecule has 4 heteroatoms. The van der Waals surface area contributed by atoms with Gasteiger partial charge in [-0.3, -0.25) is 4.79 Å². The summed E-state index contributed by atoms with van der Waals surface area (Å²) in [5.41, 5.74) is 0.674. The van der Waals surface area contributed by atoms with Gasteiger partial charge in [0.15, 0.2) is 0 Å². The summed E-state index contributed by atoms with van der Waals surface area (Å²) in [4.78, 5) is 11.8. The quantitative estimate of drug-likeness (QED) is 0.867.